The van der Waals surface area contributed by atoms with E-state index in [0.29, 0.717) is 32.4 Å². The first-order chi connectivity index (χ1) is 10.4. The van der Waals surface area contributed by atoms with E-state index in [1.165, 1.54) is 18.2 Å². The SMILES string of the molecule is O=C(O)C1CC12CCN(C(=O)c1ccccc1[N+](=O)[O-])CC2. The Balaban J connectivity index is 1.71. The number of amides is 1. The van der Waals surface area contributed by atoms with Crippen LogP contribution < -0.4 is 0 Å². The first-order valence-electron chi connectivity index (χ1n) is 7.20. The van der Waals surface area contributed by atoms with E-state index in [-0.39, 0.29) is 28.5 Å². The molecule has 1 amide bonds. The van der Waals surface area contributed by atoms with Gasteiger partial charge in [-0.15, -0.1) is 0 Å². The third-order valence-electron chi connectivity index (χ3n) is 4.87. The average molecular weight is 304 g/mol. The van der Waals surface area contributed by atoms with E-state index >= 15 is 0 Å². The molecule has 1 N–H and O–H groups in total. The van der Waals surface area contributed by atoms with Crippen molar-refractivity contribution in [2.75, 3.05) is 13.1 Å². The molecule has 1 aliphatic heterocycles. The van der Waals surface area contributed by atoms with Crippen molar-refractivity contribution in [2.24, 2.45) is 11.3 Å². The highest BCUT2D eigenvalue weighted by Crippen LogP contribution is 2.59. The molecule has 3 rings (SSSR count). The second kappa shape index (κ2) is 5.08. The minimum absolute atomic E-state index is 0.0917. The lowest BCUT2D eigenvalue weighted by Gasteiger charge is -2.32. The lowest BCUT2D eigenvalue weighted by Crippen LogP contribution is -2.40. The van der Waals surface area contributed by atoms with Crippen LogP contribution in [0.2, 0.25) is 0 Å². The number of aliphatic carboxylic acids is 1. The fraction of sp³-hybridized carbons (Fsp3) is 0.467. The first kappa shape index (κ1) is 14.5. The molecule has 1 aromatic carbocycles. The molecule has 1 saturated carbocycles. The molecule has 1 spiro atoms. The molecule has 116 valence electrons. The molecule has 1 aliphatic carbocycles. The number of carboxylic acids is 1. The molecule has 2 aliphatic rings. The van der Waals surface area contributed by atoms with E-state index in [9.17, 15) is 19.7 Å². The van der Waals surface area contributed by atoms with Gasteiger partial charge in [0.05, 0.1) is 10.8 Å². The summed E-state index contributed by atoms with van der Waals surface area (Å²) in [5.41, 5.74) is -0.262. The standard InChI is InChI=1S/C15H16N2O5/c18-13(10-3-1-2-4-12(10)17(21)22)16-7-5-15(6-8-16)9-11(15)14(19)20/h1-4,11H,5-9H2,(H,19,20). The number of hydrogen-bond donors (Lipinski definition) is 1. The Morgan fingerprint density at radius 2 is 1.91 bits per heavy atom. The van der Waals surface area contributed by atoms with Crippen molar-refractivity contribution in [2.45, 2.75) is 19.3 Å². The van der Waals surface area contributed by atoms with Crippen molar-refractivity contribution < 1.29 is 19.6 Å². The summed E-state index contributed by atoms with van der Waals surface area (Å²) in [6.07, 6.45) is 1.97. The summed E-state index contributed by atoms with van der Waals surface area (Å²) in [5, 5.41) is 20.1. The van der Waals surface area contributed by atoms with Crippen LogP contribution in [0, 0.1) is 21.4 Å². The second-order valence-electron chi connectivity index (χ2n) is 6.02. The lowest BCUT2D eigenvalue weighted by atomic mass is 9.90. The van der Waals surface area contributed by atoms with Gasteiger partial charge in [-0.1, -0.05) is 12.1 Å². The minimum atomic E-state index is -0.765. The third-order valence-corrected chi connectivity index (χ3v) is 4.87. The number of likely N-dealkylation sites (tertiary alicyclic amines) is 1. The number of benzene rings is 1. The van der Waals surface area contributed by atoms with Crippen molar-refractivity contribution in [3.05, 3.63) is 39.9 Å². The van der Waals surface area contributed by atoms with Crippen LogP contribution in [0.4, 0.5) is 5.69 Å². The molecule has 1 heterocycles. The van der Waals surface area contributed by atoms with Gasteiger partial charge in [0.25, 0.3) is 11.6 Å². The van der Waals surface area contributed by atoms with Crippen LogP contribution in [0.15, 0.2) is 24.3 Å². The van der Waals surface area contributed by atoms with Crippen LogP contribution in [0.25, 0.3) is 0 Å². The van der Waals surface area contributed by atoms with Gasteiger partial charge >= 0.3 is 5.97 Å². The number of piperidine rings is 1. The van der Waals surface area contributed by atoms with Crippen LogP contribution in [0.3, 0.4) is 0 Å². The summed E-state index contributed by atoms with van der Waals surface area (Å²) in [6, 6.07) is 5.91. The van der Waals surface area contributed by atoms with E-state index < -0.39 is 10.9 Å². The zero-order valence-electron chi connectivity index (χ0n) is 11.9. The van der Waals surface area contributed by atoms with Crippen molar-refractivity contribution in [1.82, 2.24) is 4.90 Å². The van der Waals surface area contributed by atoms with Crippen LogP contribution in [0.1, 0.15) is 29.6 Å². The Kier molecular flexibility index (Phi) is 3.35. The maximum atomic E-state index is 12.5. The Morgan fingerprint density at radius 3 is 2.45 bits per heavy atom. The summed E-state index contributed by atoms with van der Waals surface area (Å²) in [6.45, 7) is 0.906. The van der Waals surface area contributed by atoms with Gasteiger partial charge < -0.3 is 10.0 Å². The number of carboxylic acid groups (broad SMARTS) is 1. The summed E-state index contributed by atoms with van der Waals surface area (Å²) >= 11 is 0. The molecule has 1 aromatic rings. The molecular weight excluding hydrogens is 288 g/mol. The number of carbonyl (C=O) groups excluding carboxylic acids is 1. The van der Waals surface area contributed by atoms with Gasteiger partial charge in [0.1, 0.15) is 5.56 Å². The zero-order chi connectivity index (χ0) is 15.9. The van der Waals surface area contributed by atoms with Crippen molar-refractivity contribution in [1.29, 1.82) is 0 Å². The second-order valence-corrected chi connectivity index (χ2v) is 6.02. The largest absolute Gasteiger partial charge is 0.481 e. The van der Waals surface area contributed by atoms with E-state index in [2.05, 4.69) is 0 Å². The van der Waals surface area contributed by atoms with Crippen molar-refractivity contribution in [3.8, 4) is 0 Å². The molecule has 0 radical (unpaired) electrons. The number of carbonyl (C=O) groups is 2. The molecule has 1 unspecified atom stereocenters. The van der Waals surface area contributed by atoms with Gasteiger partial charge in [-0.3, -0.25) is 19.7 Å². The van der Waals surface area contributed by atoms with E-state index in [0.717, 1.165) is 0 Å². The highest BCUT2D eigenvalue weighted by molar-refractivity contribution is 5.98. The molecule has 0 aromatic heterocycles. The molecule has 22 heavy (non-hydrogen) atoms. The maximum absolute atomic E-state index is 12.5. The summed E-state index contributed by atoms with van der Waals surface area (Å²) in [5.74, 6) is -1.41. The maximum Gasteiger partial charge on any atom is 0.307 e. The monoisotopic (exact) mass is 304 g/mol. The van der Waals surface area contributed by atoms with Gasteiger partial charge in [0.15, 0.2) is 0 Å². The van der Waals surface area contributed by atoms with Crippen LogP contribution >= 0.6 is 0 Å². The molecule has 1 saturated heterocycles. The van der Waals surface area contributed by atoms with Crippen LogP contribution in [0.5, 0.6) is 0 Å². The highest BCUT2D eigenvalue weighted by atomic mass is 16.6. The molecular formula is C15H16N2O5. The molecule has 1 atom stereocenters. The molecule has 0 bridgehead atoms. The van der Waals surface area contributed by atoms with Gasteiger partial charge in [-0.25, -0.2) is 0 Å². The number of nitro benzene ring substituents is 1. The highest BCUT2D eigenvalue weighted by Gasteiger charge is 2.59. The number of nitro groups is 1. The van der Waals surface area contributed by atoms with E-state index in [1.54, 1.807) is 11.0 Å². The summed E-state index contributed by atoms with van der Waals surface area (Å²) in [7, 11) is 0. The first-order valence-corrected chi connectivity index (χ1v) is 7.20. The normalized spacial score (nSPS) is 22.4. The topological polar surface area (TPSA) is 101 Å². The Morgan fingerprint density at radius 1 is 1.27 bits per heavy atom. The molecule has 2 fully saturated rings. The predicted molar refractivity (Wildman–Crippen MR) is 76.4 cm³/mol. The third kappa shape index (κ3) is 2.32. The zero-order valence-corrected chi connectivity index (χ0v) is 11.9. The quantitative estimate of drug-likeness (QED) is 0.679. The van der Waals surface area contributed by atoms with Crippen molar-refractivity contribution in [3.63, 3.8) is 0 Å². The minimum Gasteiger partial charge on any atom is -0.481 e. The fourth-order valence-electron chi connectivity index (χ4n) is 3.39. The fourth-order valence-corrected chi connectivity index (χ4v) is 3.39. The van der Waals surface area contributed by atoms with E-state index in [4.69, 9.17) is 5.11 Å². The van der Waals surface area contributed by atoms with Gasteiger partial charge in [0, 0.05) is 19.2 Å². The van der Waals surface area contributed by atoms with E-state index in [1.807, 2.05) is 0 Å². The van der Waals surface area contributed by atoms with Crippen LogP contribution in [-0.4, -0.2) is 39.9 Å². The number of rotatable bonds is 3. The Bertz CT molecular complexity index is 649. The van der Waals surface area contributed by atoms with Gasteiger partial charge in [-0.05, 0) is 30.7 Å². The number of hydrogen-bond acceptors (Lipinski definition) is 4. The van der Waals surface area contributed by atoms with Crippen molar-refractivity contribution >= 4 is 17.6 Å². The Hall–Kier alpha value is -2.44. The average Bonchev–Trinajstić information content (AvgIpc) is 3.21. The summed E-state index contributed by atoms with van der Waals surface area (Å²) in [4.78, 5) is 35.6. The smallest absolute Gasteiger partial charge is 0.307 e. The van der Waals surface area contributed by atoms with Gasteiger partial charge in [0.2, 0.25) is 0 Å². The van der Waals surface area contributed by atoms with Crippen LogP contribution in [-0.2, 0) is 4.79 Å². The Labute approximate surface area is 126 Å². The molecule has 7 nitrogen and oxygen atoms in total. The lowest BCUT2D eigenvalue weighted by molar-refractivity contribution is -0.385. The van der Waals surface area contributed by atoms with Gasteiger partial charge in [-0.2, -0.15) is 0 Å². The number of nitrogens with zero attached hydrogens (tertiary/aromatic N) is 2. The summed E-state index contributed by atoms with van der Waals surface area (Å²) < 4.78 is 0. The number of para-hydroxylation sites is 1. The predicted octanol–water partition coefficient (Wildman–Crippen LogP) is 1.92. The molecule has 7 heteroatoms.